The number of rotatable bonds is 2. The predicted molar refractivity (Wildman–Crippen MR) is 66.2 cm³/mol. The Morgan fingerprint density at radius 2 is 1.65 bits per heavy atom. The van der Waals surface area contributed by atoms with Crippen LogP contribution in [0, 0.1) is 5.82 Å². The summed E-state index contributed by atoms with van der Waals surface area (Å²) in [6, 6.07) is 4.63. The molecule has 6 nitrogen and oxygen atoms in total. The fraction of sp³-hybridized carbons (Fsp3) is 0.250. The van der Waals surface area contributed by atoms with Crippen LogP contribution in [0.1, 0.15) is 10.4 Å². The Balaban J connectivity index is 2.16. The van der Waals surface area contributed by atoms with Gasteiger partial charge in [-0.25, -0.2) is 4.39 Å². The molecule has 20 heavy (non-hydrogen) atoms. The molecule has 1 aliphatic heterocycles. The third-order valence-corrected chi connectivity index (χ3v) is 2.62. The van der Waals surface area contributed by atoms with Crippen LogP contribution in [0.3, 0.4) is 0 Å². The van der Waals surface area contributed by atoms with Gasteiger partial charge in [0, 0.05) is 5.56 Å². The van der Waals surface area contributed by atoms with E-state index in [-0.39, 0.29) is 18.7 Å². The number of nitrogens with zero attached hydrogens (tertiary/aromatic N) is 1. The van der Waals surface area contributed by atoms with Crippen molar-refractivity contribution in [2.75, 3.05) is 20.1 Å². The van der Waals surface area contributed by atoms with Crippen molar-refractivity contribution < 1.29 is 28.1 Å². The van der Waals surface area contributed by atoms with E-state index in [2.05, 4.69) is 0 Å². The van der Waals surface area contributed by atoms with Crippen molar-refractivity contribution in [3.05, 3.63) is 35.6 Å². The highest BCUT2D eigenvalue weighted by Crippen LogP contribution is 2.09. The molecule has 0 unspecified atom stereocenters. The summed E-state index contributed by atoms with van der Waals surface area (Å²) in [5.74, 6) is -1.87. The van der Waals surface area contributed by atoms with Gasteiger partial charge < -0.3 is 9.31 Å². The van der Waals surface area contributed by atoms with Crippen LogP contribution in [-0.4, -0.2) is 49.8 Å². The lowest BCUT2D eigenvalue weighted by molar-refractivity contribution is -0.145. The van der Waals surface area contributed by atoms with E-state index in [1.807, 2.05) is 0 Å². The summed E-state index contributed by atoms with van der Waals surface area (Å²) in [4.78, 5) is 36.4. The van der Waals surface area contributed by atoms with E-state index < -0.39 is 30.6 Å². The molecule has 0 atom stereocenters. The van der Waals surface area contributed by atoms with E-state index in [9.17, 15) is 18.8 Å². The van der Waals surface area contributed by atoms with Gasteiger partial charge in [-0.2, -0.15) is 0 Å². The Bertz CT molecular complexity index is 527. The molecule has 0 radical (unpaired) electrons. The molecule has 0 aromatic heterocycles. The SMILES string of the molecule is CN1CC(=O)OB(C(=O)c2ccc(F)cc2)OC(=O)C1. The number of likely N-dealkylation sites (N-methyl/N-ethyl adjacent to an activating group) is 1. The van der Waals surface area contributed by atoms with Gasteiger partial charge in [-0.05, 0) is 31.3 Å². The van der Waals surface area contributed by atoms with Gasteiger partial charge in [-0.15, -0.1) is 0 Å². The molecule has 0 saturated carbocycles. The highest BCUT2D eigenvalue weighted by Gasteiger charge is 2.39. The molecule has 104 valence electrons. The molecule has 1 aromatic rings. The van der Waals surface area contributed by atoms with Gasteiger partial charge in [-0.1, -0.05) is 0 Å². The van der Waals surface area contributed by atoms with Gasteiger partial charge in [0.15, 0.2) is 0 Å². The molecule has 1 aromatic carbocycles. The molecule has 0 amide bonds. The normalized spacial score (nSPS) is 17.0. The first-order valence-electron chi connectivity index (χ1n) is 5.83. The molecule has 1 saturated heterocycles. The number of carbonyl (C=O) groups excluding carboxylic acids is 3. The summed E-state index contributed by atoms with van der Waals surface area (Å²) in [5.41, 5.74) is -0.623. The van der Waals surface area contributed by atoms with Crippen molar-refractivity contribution in [2.45, 2.75) is 0 Å². The van der Waals surface area contributed by atoms with E-state index in [4.69, 9.17) is 9.31 Å². The van der Waals surface area contributed by atoms with Gasteiger partial charge in [0.1, 0.15) is 5.82 Å². The van der Waals surface area contributed by atoms with Gasteiger partial charge in [-0.3, -0.25) is 19.3 Å². The first-order valence-corrected chi connectivity index (χ1v) is 5.83. The molecule has 1 heterocycles. The van der Waals surface area contributed by atoms with Crippen LogP contribution < -0.4 is 0 Å². The van der Waals surface area contributed by atoms with Crippen molar-refractivity contribution in [3.8, 4) is 0 Å². The zero-order valence-corrected chi connectivity index (χ0v) is 10.7. The van der Waals surface area contributed by atoms with Crippen LogP contribution in [0.25, 0.3) is 0 Å². The maximum atomic E-state index is 12.8. The summed E-state index contributed by atoms with van der Waals surface area (Å²) < 4.78 is 22.4. The van der Waals surface area contributed by atoms with E-state index in [0.29, 0.717) is 0 Å². The van der Waals surface area contributed by atoms with E-state index in [0.717, 1.165) is 12.1 Å². The third-order valence-electron chi connectivity index (χ3n) is 2.62. The van der Waals surface area contributed by atoms with E-state index in [1.165, 1.54) is 17.0 Å². The van der Waals surface area contributed by atoms with Crippen molar-refractivity contribution in [2.24, 2.45) is 0 Å². The topological polar surface area (TPSA) is 72.9 Å². The average Bonchev–Trinajstić information content (AvgIpc) is 2.36. The molecule has 0 bridgehead atoms. The summed E-state index contributed by atoms with van der Waals surface area (Å²) in [6.45, 7) is -0.245. The highest BCUT2D eigenvalue weighted by molar-refractivity contribution is 6.85. The lowest BCUT2D eigenvalue weighted by Crippen LogP contribution is -2.46. The van der Waals surface area contributed by atoms with Gasteiger partial charge in [0.2, 0.25) is 5.68 Å². The van der Waals surface area contributed by atoms with Crippen LogP contribution in [0.15, 0.2) is 24.3 Å². The zero-order chi connectivity index (χ0) is 14.7. The molecule has 0 spiro atoms. The highest BCUT2D eigenvalue weighted by atomic mass is 19.1. The van der Waals surface area contributed by atoms with Crippen molar-refractivity contribution in [1.82, 2.24) is 4.90 Å². The molecular formula is C12H11BFNO5. The molecule has 2 rings (SSSR count). The first-order chi connectivity index (χ1) is 9.45. The van der Waals surface area contributed by atoms with Gasteiger partial charge in [0.05, 0.1) is 13.1 Å². The maximum absolute atomic E-state index is 12.8. The zero-order valence-electron chi connectivity index (χ0n) is 10.7. The Morgan fingerprint density at radius 3 is 2.15 bits per heavy atom. The van der Waals surface area contributed by atoms with Crippen LogP contribution >= 0.6 is 0 Å². The Labute approximate surface area is 114 Å². The second-order valence-corrected chi connectivity index (χ2v) is 4.36. The second kappa shape index (κ2) is 5.83. The average molecular weight is 279 g/mol. The minimum Gasteiger partial charge on any atom is -0.492 e. The van der Waals surface area contributed by atoms with Crippen molar-refractivity contribution in [3.63, 3.8) is 0 Å². The monoisotopic (exact) mass is 279 g/mol. The minimum absolute atomic E-state index is 0.0888. The number of hydrogen-bond donors (Lipinski definition) is 0. The summed E-state index contributed by atoms with van der Waals surface area (Å²) in [6.07, 6.45) is 0. The quantitative estimate of drug-likeness (QED) is 0.713. The van der Waals surface area contributed by atoms with Crippen molar-refractivity contribution in [1.29, 1.82) is 0 Å². The molecule has 0 N–H and O–H groups in total. The van der Waals surface area contributed by atoms with Crippen LogP contribution in [0.4, 0.5) is 4.39 Å². The first kappa shape index (κ1) is 14.2. The molecular weight excluding hydrogens is 268 g/mol. The van der Waals surface area contributed by atoms with E-state index >= 15 is 0 Å². The number of carbonyl (C=O) groups is 3. The number of hydrogen-bond acceptors (Lipinski definition) is 6. The Hall–Kier alpha value is -2.22. The van der Waals surface area contributed by atoms with Crippen LogP contribution in [-0.2, 0) is 18.9 Å². The summed E-state index contributed by atoms with van der Waals surface area (Å²) in [5, 5.41) is 0. The van der Waals surface area contributed by atoms with E-state index in [1.54, 1.807) is 7.05 Å². The standard InChI is InChI=1S/C12H11BFNO5/c1-15-6-10(16)19-13(20-11(17)7-15)12(18)8-2-4-9(14)5-3-8/h2-5H,6-7H2,1H3. The lowest BCUT2D eigenvalue weighted by atomic mass is 9.78. The lowest BCUT2D eigenvalue weighted by Gasteiger charge is -2.21. The molecule has 8 heteroatoms. The van der Waals surface area contributed by atoms with Crippen LogP contribution in [0.5, 0.6) is 0 Å². The Kier molecular flexibility index (Phi) is 4.14. The molecule has 0 aliphatic carbocycles. The Morgan fingerprint density at radius 1 is 1.15 bits per heavy atom. The maximum Gasteiger partial charge on any atom is 0.680 e. The van der Waals surface area contributed by atoms with Gasteiger partial charge >= 0.3 is 19.1 Å². The second-order valence-electron chi connectivity index (χ2n) is 4.36. The predicted octanol–water partition coefficient (Wildman–Crippen LogP) is 0.0676. The van der Waals surface area contributed by atoms with Crippen molar-refractivity contribution >= 4 is 24.7 Å². The van der Waals surface area contributed by atoms with Gasteiger partial charge in [0.25, 0.3) is 0 Å². The summed E-state index contributed by atoms with van der Waals surface area (Å²) in [7, 11) is -0.0841. The molecule has 1 aliphatic rings. The fourth-order valence-corrected chi connectivity index (χ4v) is 1.69. The fourth-order valence-electron chi connectivity index (χ4n) is 1.69. The smallest absolute Gasteiger partial charge is 0.492 e. The largest absolute Gasteiger partial charge is 0.680 e. The van der Waals surface area contributed by atoms with Crippen LogP contribution in [0.2, 0.25) is 0 Å². The molecule has 1 fully saturated rings. The summed E-state index contributed by atoms with van der Waals surface area (Å²) >= 11 is 0. The third kappa shape index (κ3) is 3.42. The minimum atomic E-state index is -1.63. The number of benzene rings is 1. The number of halogens is 1.